The van der Waals surface area contributed by atoms with Crippen molar-refractivity contribution in [3.63, 3.8) is 0 Å². The number of nitrogens with zero attached hydrogens (tertiary/aromatic N) is 3. The Morgan fingerprint density at radius 3 is 1.84 bits per heavy atom. The Labute approximate surface area is 299 Å². The van der Waals surface area contributed by atoms with Crippen molar-refractivity contribution in [2.75, 3.05) is 0 Å². The van der Waals surface area contributed by atoms with Crippen LogP contribution in [-0.4, -0.2) is 15.0 Å². The third kappa shape index (κ3) is 4.54. The summed E-state index contributed by atoms with van der Waals surface area (Å²) in [6.07, 6.45) is 0. The molecule has 0 aliphatic heterocycles. The van der Waals surface area contributed by atoms with E-state index < -0.39 is 0 Å². The first-order valence-corrected chi connectivity index (χ1v) is 18.5. The van der Waals surface area contributed by atoms with Crippen LogP contribution in [0.2, 0.25) is 0 Å². The Hall–Kier alpha value is -6.21. The van der Waals surface area contributed by atoms with Gasteiger partial charge in [0.25, 0.3) is 0 Å². The minimum absolute atomic E-state index is 0.578. The number of aromatic nitrogens is 3. The Morgan fingerprint density at radius 1 is 0.373 bits per heavy atom. The lowest BCUT2D eigenvalue weighted by atomic mass is 10.0. The zero-order valence-electron chi connectivity index (χ0n) is 27.0. The second-order valence-electron chi connectivity index (χ2n) is 12.8. The molecule has 11 aromatic rings. The molecule has 0 aliphatic carbocycles. The predicted octanol–water partition coefficient (Wildman–Crippen LogP) is 13.2. The van der Waals surface area contributed by atoms with Gasteiger partial charge in [-0.1, -0.05) is 103 Å². The lowest BCUT2D eigenvalue weighted by molar-refractivity contribution is 0.669. The molecule has 0 aliphatic rings. The third-order valence-electron chi connectivity index (χ3n) is 9.76. The average molecular weight is 688 g/mol. The molecule has 0 N–H and O–H groups in total. The summed E-state index contributed by atoms with van der Waals surface area (Å²) in [7, 11) is 0. The molecule has 0 amide bonds. The van der Waals surface area contributed by atoms with Gasteiger partial charge in [0.05, 0.1) is 5.56 Å². The molecule has 0 atom stereocenters. The molecule has 0 fully saturated rings. The van der Waals surface area contributed by atoms with Gasteiger partial charge >= 0.3 is 0 Å². The van der Waals surface area contributed by atoms with Gasteiger partial charge in [0.2, 0.25) is 0 Å². The highest BCUT2D eigenvalue weighted by Gasteiger charge is 2.19. The minimum atomic E-state index is 0.578. The van der Waals surface area contributed by atoms with Crippen molar-refractivity contribution in [2.24, 2.45) is 0 Å². The zero-order chi connectivity index (χ0) is 33.5. The summed E-state index contributed by atoms with van der Waals surface area (Å²) in [5, 5.41) is 7.12. The van der Waals surface area contributed by atoms with E-state index in [4.69, 9.17) is 19.4 Å². The van der Waals surface area contributed by atoms with Crippen LogP contribution in [0.25, 0.3) is 108 Å². The summed E-state index contributed by atoms with van der Waals surface area (Å²) in [5.41, 5.74) is 6.65. The van der Waals surface area contributed by atoms with Gasteiger partial charge in [-0.3, -0.25) is 0 Å². The normalized spacial score (nSPS) is 11.9. The van der Waals surface area contributed by atoms with Gasteiger partial charge < -0.3 is 4.42 Å². The van der Waals surface area contributed by atoms with E-state index in [-0.39, 0.29) is 0 Å². The van der Waals surface area contributed by atoms with Gasteiger partial charge in [0.1, 0.15) is 11.2 Å². The van der Waals surface area contributed by atoms with Crippen LogP contribution in [0.1, 0.15) is 0 Å². The lowest BCUT2D eigenvalue weighted by Gasteiger charge is -2.09. The minimum Gasteiger partial charge on any atom is -0.455 e. The molecule has 4 nitrogen and oxygen atoms in total. The van der Waals surface area contributed by atoms with Crippen LogP contribution < -0.4 is 0 Å². The fraction of sp³-hybridized carbons (Fsp3) is 0. The van der Waals surface area contributed by atoms with Crippen LogP contribution in [0.3, 0.4) is 0 Å². The lowest BCUT2D eigenvalue weighted by Crippen LogP contribution is -2.00. The highest BCUT2D eigenvalue weighted by atomic mass is 32.1. The number of fused-ring (bicyclic) bond motifs is 9. The van der Waals surface area contributed by atoms with E-state index in [1.807, 2.05) is 47.7 Å². The third-order valence-corrected chi connectivity index (χ3v) is 12.1. The number of benzene rings is 7. The number of hydrogen-bond acceptors (Lipinski definition) is 6. The quantitative estimate of drug-likeness (QED) is 0.185. The van der Waals surface area contributed by atoms with E-state index in [1.165, 1.54) is 45.9 Å². The maximum Gasteiger partial charge on any atom is 0.167 e. The predicted molar refractivity (Wildman–Crippen MR) is 215 cm³/mol. The highest BCUT2D eigenvalue weighted by Crippen LogP contribution is 2.42. The van der Waals surface area contributed by atoms with Crippen molar-refractivity contribution in [3.05, 3.63) is 152 Å². The SMILES string of the molecule is c1ccc(-c2nc(-c3ccc4sc5ccccc5c4c3)nc(-c3cccc4c3oc3cc(-c5cccc6c5sc5ccccc56)ccc34)n2)cc1. The van der Waals surface area contributed by atoms with Crippen LogP contribution in [0.5, 0.6) is 0 Å². The highest BCUT2D eigenvalue weighted by molar-refractivity contribution is 7.26. The molecule has 4 aromatic heterocycles. The van der Waals surface area contributed by atoms with E-state index in [9.17, 15) is 0 Å². The number of para-hydroxylation sites is 1. The average Bonchev–Trinajstić information content (AvgIpc) is 3.88. The largest absolute Gasteiger partial charge is 0.455 e. The van der Waals surface area contributed by atoms with E-state index in [2.05, 4.69) is 115 Å². The van der Waals surface area contributed by atoms with Gasteiger partial charge in [-0.05, 0) is 59.7 Å². The van der Waals surface area contributed by atoms with Gasteiger partial charge in [-0.15, -0.1) is 22.7 Å². The molecule has 0 saturated heterocycles. The molecule has 0 spiro atoms. The van der Waals surface area contributed by atoms with Gasteiger partial charge in [-0.25, -0.2) is 15.0 Å². The van der Waals surface area contributed by atoms with Crippen molar-refractivity contribution in [2.45, 2.75) is 0 Å². The first-order chi connectivity index (χ1) is 25.2. The van der Waals surface area contributed by atoms with Crippen LogP contribution in [0.4, 0.5) is 0 Å². The Morgan fingerprint density at radius 2 is 1.00 bits per heavy atom. The molecule has 0 unspecified atom stereocenters. The Bertz CT molecular complexity index is 3160. The van der Waals surface area contributed by atoms with Crippen molar-refractivity contribution in [3.8, 4) is 45.3 Å². The van der Waals surface area contributed by atoms with Crippen molar-refractivity contribution < 1.29 is 4.42 Å². The van der Waals surface area contributed by atoms with E-state index >= 15 is 0 Å². The topological polar surface area (TPSA) is 51.8 Å². The summed E-state index contributed by atoms with van der Waals surface area (Å²) in [4.78, 5) is 15.2. The van der Waals surface area contributed by atoms with Crippen LogP contribution in [-0.2, 0) is 0 Å². The Balaban J connectivity index is 1.09. The smallest absolute Gasteiger partial charge is 0.167 e. The number of rotatable bonds is 4. The number of hydrogen-bond donors (Lipinski definition) is 0. The number of furan rings is 1. The summed E-state index contributed by atoms with van der Waals surface area (Å²) >= 11 is 3.65. The fourth-order valence-electron chi connectivity index (χ4n) is 7.32. The first-order valence-electron chi connectivity index (χ1n) is 16.8. The summed E-state index contributed by atoms with van der Waals surface area (Å²) in [5.74, 6) is 1.83. The first kappa shape index (κ1) is 28.6. The maximum atomic E-state index is 6.76. The molecule has 238 valence electrons. The summed E-state index contributed by atoms with van der Waals surface area (Å²) < 4.78 is 11.9. The monoisotopic (exact) mass is 687 g/mol. The van der Waals surface area contributed by atoms with Gasteiger partial charge in [-0.2, -0.15) is 0 Å². The van der Waals surface area contributed by atoms with Crippen molar-refractivity contribution in [1.29, 1.82) is 0 Å². The van der Waals surface area contributed by atoms with Crippen LogP contribution in [0.15, 0.2) is 156 Å². The van der Waals surface area contributed by atoms with E-state index in [0.717, 1.165) is 44.2 Å². The van der Waals surface area contributed by atoms with E-state index in [1.54, 1.807) is 11.3 Å². The number of thiophene rings is 2. The van der Waals surface area contributed by atoms with E-state index in [0.29, 0.717) is 17.5 Å². The summed E-state index contributed by atoms with van der Waals surface area (Å²) in [6, 6.07) is 53.2. The molecule has 0 saturated carbocycles. The molecule has 0 bridgehead atoms. The van der Waals surface area contributed by atoms with Gasteiger partial charge in [0, 0.05) is 62.2 Å². The van der Waals surface area contributed by atoms with Crippen molar-refractivity contribution >= 4 is 85.0 Å². The molecule has 6 heteroatoms. The molecule has 0 radical (unpaired) electrons. The van der Waals surface area contributed by atoms with Crippen molar-refractivity contribution in [1.82, 2.24) is 15.0 Å². The van der Waals surface area contributed by atoms with Crippen LogP contribution in [0, 0.1) is 0 Å². The molecule has 4 heterocycles. The molecular weight excluding hydrogens is 663 g/mol. The zero-order valence-corrected chi connectivity index (χ0v) is 28.6. The molecule has 11 rings (SSSR count). The maximum absolute atomic E-state index is 6.76. The molecular formula is C45H25N3OS2. The molecule has 7 aromatic carbocycles. The second kappa shape index (κ2) is 11.2. The van der Waals surface area contributed by atoms with Crippen LogP contribution >= 0.6 is 22.7 Å². The summed E-state index contributed by atoms with van der Waals surface area (Å²) in [6.45, 7) is 0. The Kier molecular flexibility index (Phi) is 6.26. The fourth-order valence-corrected chi connectivity index (χ4v) is 9.65. The second-order valence-corrected chi connectivity index (χ2v) is 14.9. The standard InChI is InChI=1S/C45H25N3OS2/c1-2-10-26(11-3-1)43-46-44(28-21-23-40-36(24-28)32-13-5-6-18-38(32)50-40)48-45(47-43)35-17-9-15-33-30-22-20-27(25-37(30)49-41(33)35)29-14-8-16-34-31-12-4-7-19-39(31)51-42(29)34/h1-25H. The van der Waals surface area contributed by atoms with Gasteiger partial charge in [0.15, 0.2) is 17.5 Å². The molecule has 51 heavy (non-hydrogen) atoms.